The lowest BCUT2D eigenvalue weighted by molar-refractivity contribution is 0.0953. The summed E-state index contributed by atoms with van der Waals surface area (Å²) in [4.78, 5) is 11.9. The van der Waals surface area contributed by atoms with Crippen molar-refractivity contribution in [3.63, 3.8) is 0 Å². The second kappa shape index (κ2) is 8.17. The lowest BCUT2D eigenvalue weighted by Crippen LogP contribution is -2.24. The van der Waals surface area contributed by atoms with Crippen LogP contribution >= 0.6 is 0 Å². The molecule has 22 heavy (non-hydrogen) atoms. The Morgan fingerprint density at radius 3 is 2.59 bits per heavy atom. The molecule has 0 aliphatic rings. The topological polar surface area (TPSA) is 38.3 Å². The van der Waals surface area contributed by atoms with E-state index in [2.05, 4.69) is 5.32 Å². The van der Waals surface area contributed by atoms with Crippen LogP contribution in [0.15, 0.2) is 48.5 Å². The zero-order chi connectivity index (χ0) is 15.8. The summed E-state index contributed by atoms with van der Waals surface area (Å²) < 4.78 is 18.4. The number of para-hydroxylation sites is 1. The molecular formula is C18H20FNO2. The average molecular weight is 301 g/mol. The van der Waals surface area contributed by atoms with Crippen molar-refractivity contribution in [3.05, 3.63) is 65.5 Å². The van der Waals surface area contributed by atoms with E-state index in [9.17, 15) is 9.18 Å². The van der Waals surface area contributed by atoms with Crippen LogP contribution in [0.3, 0.4) is 0 Å². The molecule has 0 radical (unpaired) electrons. The molecule has 1 N–H and O–H groups in total. The first-order chi connectivity index (χ1) is 10.7. The molecule has 2 aromatic rings. The van der Waals surface area contributed by atoms with Gasteiger partial charge in [0.05, 0.1) is 6.61 Å². The van der Waals surface area contributed by atoms with E-state index in [-0.39, 0.29) is 11.7 Å². The Morgan fingerprint density at radius 2 is 1.86 bits per heavy atom. The highest BCUT2D eigenvalue weighted by Crippen LogP contribution is 2.19. The Morgan fingerprint density at radius 1 is 1.14 bits per heavy atom. The standard InChI is InChI=1S/C18H20FNO2/c1-2-22-17-8-4-3-6-14(17)7-5-13-20-18(21)15-9-11-16(19)12-10-15/h3-4,6,8-12H,2,5,7,13H2,1H3,(H,20,21). The summed E-state index contributed by atoms with van der Waals surface area (Å²) in [5.74, 6) is 0.372. The summed E-state index contributed by atoms with van der Waals surface area (Å²) in [6.07, 6.45) is 1.65. The molecule has 0 bridgehead atoms. The maximum atomic E-state index is 12.8. The summed E-state index contributed by atoms with van der Waals surface area (Å²) in [6, 6.07) is 13.5. The SMILES string of the molecule is CCOc1ccccc1CCCNC(=O)c1ccc(F)cc1. The van der Waals surface area contributed by atoms with Crippen molar-refractivity contribution >= 4 is 5.91 Å². The van der Waals surface area contributed by atoms with Crippen LogP contribution in [0.4, 0.5) is 4.39 Å². The molecular weight excluding hydrogens is 281 g/mol. The average Bonchev–Trinajstić information content (AvgIpc) is 2.53. The lowest BCUT2D eigenvalue weighted by atomic mass is 10.1. The first-order valence-electron chi connectivity index (χ1n) is 7.45. The van der Waals surface area contributed by atoms with Crippen molar-refractivity contribution in [2.45, 2.75) is 19.8 Å². The zero-order valence-corrected chi connectivity index (χ0v) is 12.6. The number of carbonyl (C=O) groups excluding carboxylic acids is 1. The van der Waals surface area contributed by atoms with E-state index in [1.807, 2.05) is 31.2 Å². The minimum absolute atomic E-state index is 0.182. The number of rotatable bonds is 7. The number of aryl methyl sites for hydroxylation is 1. The Labute approximate surface area is 130 Å². The van der Waals surface area contributed by atoms with Crippen molar-refractivity contribution in [1.82, 2.24) is 5.32 Å². The molecule has 0 atom stereocenters. The van der Waals surface area contributed by atoms with Gasteiger partial charge < -0.3 is 10.1 Å². The predicted molar refractivity (Wildman–Crippen MR) is 84.7 cm³/mol. The molecule has 4 heteroatoms. The lowest BCUT2D eigenvalue weighted by Gasteiger charge is -2.10. The van der Waals surface area contributed by atoms with E-state index in [0.717, 1.165) is 24.2 Å². The van der Waals surface area contributed by atoms with Gasteiger partial charge in [-0.1, -0.05) is 18.2 Å². The molecule has 2 rings (SSSR count). The van der Waals surface area contributed by atoms with E-state index < -0.39 is 0 Å². The van der Waals surface area contributed by atoms with Crippen molar-refractivity contribution < 1.29 is 13.9 Å². The molecule has 2 aromatic carbocycles. The summed E-state index contributed by atoms with van der Waals surface area (Å²) in [5, 5.41) is 2.84. The van der Waals surface area contributed by atoms with Gasteiger partial charge in [-0.25, -0.2) is 4.39 Å². The molecule has 3 nitrogen and oxygen atoms in total. The van der Waals surface area contributed by atoms with Crippen molar-refractivity contribution in [2.75, 3.05) is 13.2 Å². The first-order valence-corrected chi connectivity index (χ1v) is 7.45. The Kier molecular flexibility index (Phi) is 5.95. The number of amides is 1. The van der Waals surface area contributed by atoms with Gasteiger partial charge in [0.25, 0.3) is 5.91 Å². The van der Waals surface area contributed by atoms with Crippen molar-refractivity contribution in [3.8, 4) is 5.75 Å². The van der Waals surface area contributed by atoms with Gasteiger partial charge in [0, 0.05) is 12.1 Å². The Balaban J connectivity index is 1.79. The molecule has 0 saturated carbocycles. The van der Waals surface area contributed by atoms with E-state index in [1.54, 1.807) is 0 Å². The van der Waals surface area contributed by atoms with Crippen molar-refractivity contribution in [2.24, 2.45) is 0 Å². The molecule has 0 heterocycles. The summed E-state index contributed by atoms with van der Waals surface area (Å²) in [6.45, 7) is 3.16. The highest BCUT2D eigenvalue weighted by atomic mass is 19.1. The second-order valence-electron chi connectivity index (χ2n) is 4.91. The quantitative estimate of drug-likeness (QED) is 0.794. The molecule has 0 aliphatic carbocycles. The molecule has 1 amide bonds. The third kappa shape index (κ3) is 4.58. The number of ether oxygens (including phenoxy) is 1. The fourth-order valence-corrected chi connectivity index (χ4v) is 2.19. The van der Waals surface area contributed by atoms with Gasteiger partial charge in [-0.3, -0.25) is 4.79 Å². The molecule has 116 valence electrons. The van der Waals surface area contributed by atoms with E-state index in [4.69, 9.17) is 4.74 Å². The van der Waals surface area contributed by atoms with Crippen molar-refractivity contribution in [1.29, 1.82) is 0 Å². The van der Waals surface area contributed by atoms with Crippen LogP contribution in [-0.2, 0) is 6.42 Å². The molecule has 0 aliphatic heterocycles. The maximum absolute atomic E-state index is 12.8. The first kappa shape index (κ1) is 16.0. The minimum Gasteiger partial charge on any atom is -0.494 e. The fourth-order valence-electron chi connectivity index (χ4n) is 2.19. The highest BCUT2D eigenvalue weighted by molar-refractivity contribution is 5.94. The van der Waals surface area contributed by atoms with Gasteiger partial charge in [-0.2, -0.15) is 0 Å². The number of hydrogen-bond donors (Lipinski definition) is 1. The number of benzene rings is 2. The van der Waals surface area contributed by atoms with Gasteiger partial charge in [0.1, 0.15) is 11.6 Å². The molecule has 0 unspecified atom stereocenters. The smallest absolute Gasteiger partial charge is 0.251 e. The zero-order valence-electron chi connectivity index (χ0n) is 12.6. The third-order valence-corrected chi connectivity index (χ3v) is 3.29. The second-order valence-corrected chi connectivity index (χ2v) is 4.91. The monoisotopic (exact) mass is 301 g/mol. The summed E-state index contributed by atoms with van der Waals surface area (Å²) >= 11 is 0. The Hall–Kier alpha value is -2.36. The number of halogens is 1. The highest BCUT2D eigenvalue weighted by Gasteiger charge is 2.06. The maximum Gasteiger partial charge on any atom is 0.251 e. The molecule has 0 spiro atoms. The molecule has 0 fully saturated rings. The molecule has 0 aromatic heterocycles. The van der Waals surface area contributed by atoms with Crippen LogP contribution in [-0.4, -0.2) is 19.1 Å². The van der Waals surface area contributed by atoms with Crippen LogP contribution in [0.1, 0.15) is 29.3 Å². The Bertz CT molecular complexity index is 611. The number of nitrogens with one attached hydrogen (secondary N) is 1. The van der Waals surface area contributed by atoms with Gasteiger partial charge in [-0.05, 0) is 55.7 Å². The van der Waals surface area contributed by atoms with Gasteiger partial charge in [0.2, 0.25) is 0 Å². The van der Waals surface area contributed by atoms with Crippen LogP contribution in [0.25, 0.3) is 0 Å². The van der Waals surface area contributed by atoms with Crippen LogP contribution in [0.5, 0.6) is 5.75 Å². The van der Waals surface area contributed by atoms with Gasteiger partial charge >= 0.3 is 0 Å². The van der Waals surface area contributed by atoms with Crippen LogP contribution in [0, 0.1) is 5.82 Å². The van der Waals surface area contributed by atoms with Gasteiger partial charge in [-0.15, -0.1) is 0 Å². The number of carbonyl (C=O) groups is 1. The van der Waals surface area contributed by atoms with Crippen LogP contribution < -0.4 is 10.1 Å². The third-order valence-electron chi connectivity index (χ3n) is 3.29. The summed E-state index contributed by atoms with van der Waals surface area (Å²) in [5.41, 5.74) is 1.61. The predicted octanol–water partition coefficient (Wildman–Crippen LogP) is 3.59. The molecule has 0 saturated heterocycles. The van der Waals surface area contributed by atoms with E-state index >= 15 is 0 Å². The fraction of sp³-hybridized carbons (Fsp3) is 0.278. The summed E-state index contributed by atoms with van der Waals surface area (Å²) in [7, 11) is 0. The largest absolute Gasteiger partial charge is 0.494 e. The van der Waals surface area contributed by atoms with E-state index in [0.29, 0.717) is 18.7 Å². The minimum atomic E-state index is -0.343. The van der Waals surface area contributed by atoms with Crippen LogP contribution in [0.2, 0.25) is 0 Å². The normalized spacial score (nSPS) is 10.3. The van der Waals surface area contributed by atoms with E-state index in [1.165, 1.54) is 24.3 Å². The van der Waals surface area contributed by atoms with Gasteiger partial charge in [0.15, 0.2) is 0 Å². The number of hydrogen-bond acceptors (Lipinski definition) is 2.